The van der Waals surface area contributed by atoms with Gasteiger partial charge in [0.25, 0.3) is 0 Å². The second-order valence-electron chi connectivity index (χ2n) is 19.2. The lowest BCUT2D eigenvalue weighted by Gasteiger charge is -2.57. The standard InChI is InChI=1S/C43H34Si.CH4/c1-44(2,3)13-43-40-30-21-11-18-9-20-8-15-4-14-6-19-7-16-5-17-10-22(12-21)31(40)37-26(17)25(16)33-28(19)32-23(14)24(15)34-29(20)36(27(18)30)41(43)39(34)35(32)38(33)42(37)43;/h4,7-8,10,17-21,26-27,30,40H,5-6,9,11-13H2,1-3H3;1H4. The average molecular weight is 595 g/mol. The molecule has 1 aromatic carbocycles. The summed E-state index contributed by atoms with van der Waals surface area (Å²) >= 11 is 0. The van der Waals surface area contributed by atoms with E-state index in [-0.39, 0.29) is 12.8 Å². The van der Waals surface area contributed by atoms with E-state index >= 15 is 0 Å². The van der Waals surface area contributed by atoms with E-state index in [1.54, 1.807) is 38.6 Å². The normalized spacial score (nSPS) is 45.1. The van der Waals surface area contributed by atoms with Gasteiger partial charge in [-0.25, -0.2) is 0 Å². The third-order valence-electron chi connectivity index (χ3n) is 16.6. The maximum absolute atomic E-state index is 2.93. The van der Waals surface area contributed by atoms with Gasteiger partial charge in [-0.15, -0.1) is 0 Å². The van der Waals surface area contributed by atoms with E-state index < -0.39 is 8.07 Å². The van der Waals surface area contributed by atoms with Crippen molar-refractivity contribution in [2.75, 3.05) is 0 Å². The van der Waals surface area contributed by atoms with Crippen molar-refractivity contribution in [2.45, 2.75) is 65.2 Å². The Bertz CT molecular complexity index is 2460. The summed E-state index contributed by atoms with van der Waals surface area (Å²) in [4.78, 5) is 0. The van der Waals surface area contributed by atoms with Gasteiger partial charge in [0.15, 0.2) is 0 Å². The fraction of sp³-hybridized carbons (Fsp3) is 0.455. The first-order valence-electron chi connectivity index (χ1n) is 18.3. The van der Waals surface area contributed by atoms with Crippen molar-refractivity contribution < 1.29 is 0 Å². The zero-order valence-electron chi connectivity index (χ0n) is 25.7. The molecule has 10 unspecified atom stereocenters. The van der Waals surface area contributed by atoms with Crippen molar-refractivity contribution in [1.82, 2.24) is 0 Å². The molecule has 0 spiro atoms. The van der Waals surface area contributed by atoms with Gasteiger partial charge in [-0.3, -0.25) is 0 Å². The Morgan fingerprint density at radius 1 is 0.689 bits per heavy atom. The number of rotatable bonds is 2. The Morgan fingerprint density at radius 2 is 1.56 bits per heavy atom. The zero-order valence-corrected chi connectivity index (χ0v) is 26.7. The molecule has 4 saturated carbocycles. The quantitative estimate of drug-likeness (QED) is 0.302. The molecular formula is C44H38Si. The van der Waals surface area contributed by atoms with Gasteiger partial charge in [0, 0.05) is 37.2 Å². The minimum atomic E-state index is -1.45. The molecule has 4 fully saturated rings. The highest BCUT2D eigenvalue weighted by Gasteiger charge is 2.74. The summed E-state index contributed by atoms with van der Waals surface area (Å²) in [6, 6.07) is 1.47. The van der Waals surface area contributed by atoms with Gasteiger partial charge >= 0.3 is 0 Å². The lowest BCUT2D eigenvalue weighted by molar-refractivity contribution is 0.144. The number of hydrogen-bond donors (Lipinski definition) is 0. The molecule has 0 radical (unpaired) electrons. The number of hydrogen-bond acceptors (Lipinski definition) is 0. The summed E-state index contributed by atoms with van der Waals surface area (Å²) in [5.41, 5.74) is 33.4. The van der Waals surface area contributed by atoms with Gasteiger partial charge in [0.05, 0.1) is 0 Å². The molecule has 0 heterocycles. The molecule has 45 heavy (non-hydrogen) atoms. The molecule has 0 aliphatic heterocycles. The fourth-order valence-electron chi connectivity index (χ4n) is 16.7. The highest BCUT2D eigenvalue weighted by atomic mass is 28.3. The molecule has 0 amide bonds. The minimum absolute atomic E-state index is 0. The summed E-state index contributed by atoms with van der Waals surface area (Å²) in [5.74, 6) is 6.91. The van der Waals surface area contributed by atoms with Gasteiger partial charge < -0.3 is 0 Å². The predicted octanol–water partition coefficient (Wildman–Crippen LogP) is 8.37. The van der Waals surface area contributed by atoms with Crippen molar-refractivity contribution >= 4 is 41.5 Å². The van der Waals surface area contributed by atoms with Crippen LogP contribution in [0.4, 0.5) is 0 Å². The van der Waals surface area contributed by atoms with Crippen LogP contribution in [0, 0.1) is 58.7 Å². The maximum atomic E-state index is 2.93. The summed E-state index contributed by atoms with van der Waals surface area (Å²) in [5, 5.41) is 3.57. The van der Waals surface area contributed by atoms with E-state index in [0.29, 0.717) is 23.7 Å². The second-order valence-corrected chi connectivity index (χ2v) is 24.6. The van der Waals surface area contributed by atoms with E-state index in [2.05, 4.69) is 43.9 Å². The van der Waals surface area contributed by atoms with Gasteiger partial charge in [-0.2, -0.15) is 0 Å². The summed E-state index contributed by atoms with van der Waals surface area (Å²) < 4.78 is 0. The zero-order chi connectivity index (χ0) is 27.8. The average Bonchev–Trinajstić information content (AvgIpc) is 3.78. The molecule has 218 valence electrons. The first kappa shape index (κ1) is 22.6. The molecule has 0 saturated heterocycles. The molecule has 10 atom stereocenters. The van der Waals surface area contributed by atoms with E-state index in [0.717, 1.165) is 29.6 Å². The Morgan fingerprint density at radius 3 is 2.44 bits per heavy atom. The molecule has 0 N–H and O–H groups in total. The fourth-order valence-corrected chi connectivity index (χ4v) is 19.0. The highest BCUT2D eigenvalue weighted by molar-refractivity contribution is 6.76. The van der Waals surface area contributed by atoms with Crippen LogP contribution >= 0.6 is 0 Å². The van der Waals surface area contributed by atoms with Crippen LogP contribution in [0.5, 0.6) is 0 Å². The molecule has 0 nitrogen and oxygen atoms in total. The minimum Gasteiger partial charge on any atom is -0.0776 e. The van der Waals surface area contributed by atoms with E-state index in [9.17, 15) is 0 Å². The first-order valence-corrected chi connectivity index (χ1v) is 22.0. The van der Waals surface area contributed by atoms with E-state index in [4.69, 9.17) is 0 Å². The van der Waals surface area contributed by atoms with Gasteiger partial charge in [-0.1, -0.05) is 51.4 Å². The van der Waals surface area contributed by atoms with Gasteiger partial charge in [-0.05, 0) is 178 Å². The largest absolute Gasteiger partial charge is 0.0776 e. The molecule has 15 aliphatic rings. The number of allylic oxidation sites excluding steroid dienone is 16. The second kappa shape index (κ2) is 5.87. The Kier molecular flexibility index (Phi) is 2.95. The van der Waals surface area contributed by atoms with Crippen molar-refractivity contribution in [1.29, 1.82) is 0 Å². The Labute approximate surface area is 266 Å². The first-order chi connectivity index (χ1) is 21.4. The van der Waals surface area contributed by atoms with Crippen LogP contribution in [0.25, 0.3) is 33.4 Å². The van der Waals surface area contributed by atoms with Crippen LogP contribution in [0.15, 0.2) is 68.9 Å². The maximum Gasteiger partial charge on any atom is 0.0455 e. The number of benzene rings is 1. The summed E-state index contributed by atoms with van der Waals surface area (Å²) in [6.45, 7) is 8.19. The molecule has 0 aromatic heterocycles. The van der Waals surface area contributed by atoms with Crippen LogP contribution in [0.2, 0.25) is 25.7 Å². The molecule has 0 bridgehead atoms. The Hall–Kier alpha value is -2.90. The smallest absolute Gasteiger partial charge is 0.0455 e. The highest BCUT2D eigenvalue weighted by Crippen LogP contribution is 2.84. The molecule has 15 aliphatic carbocycles. The SMILES string of the molecule is C.C[Si](C)(C)CC12C3=C4C5=C6C7=CC8CC9=CC%10=CC%11CC%12CC%13CC%14=CC(C7)C6C3=C%14C1C%13C%12C1=C2c2c4c(c9c%10c2=C1%11)=C58. The van der Waals surface area contributed by atoms with Crippen LogP contribution < -0.4 is 10.4 Å². The third-order valence-corrected chi connectivity index (χ3v) is 18.2. The van der Waals surface area contributed by atoms with Crippen LogP contribution in [0.3, 0.4) is 0 Å². The van der Waals surface area contributed by atoms with Gasteiger partial charge in [0.2, 0.25) is 0 Å². The molecule has 16 rings (SSSR count). The lowest BCUT2D eigenvalue weighted by Crippen LogP contribution is -2.51. The summed E-state index contributed by atoms with van der Waals surface area (Å²) in [6.07, 6.45) is 18.2. The Balaban J connectivity index is 0.00000218. The van der Waals surface area contributed by atoms with Crippen molar-refractivity contribution in [3.8, 4) is 0 Å². The van der Waals surface area contributed by atoms with Crippen molar-refractivity contribution in [2.24, 2.45) is 58.7 Å². The van der Waals surface area contributed by atoms with Gasteiger partial charge in [0.1, 0.15) is 0 Å². The summed E-state index contributed by atoms with van der Waals surface area (Å²) in [7, 11) is -1.45. The topological polar surface area (TPSA) is 0 Å². The molecule has 1 aromatic rings. The molecule has 1 heteroatoms. The monoisotopic (exact) mass is 594 g/mol. The third kappa shape index (κ3) is 1.76. The van der Waals surface area contributed by atoms with Crippen LogP contribution in [-0.2, 0) is 0 Å². The molecular weight excluding hydrogens is 557 g/mol. The van der Waals surface area contributed by atoms with E-state index in [1.165, 1.54) is 38.1 Å². The van der Waals surface area contributed by atoms with Crippen molar-refractivity contribution in [3.05, 3.63) is 102 Å². The van der Waals surface area contributed by atoms with Crippen LogP contribution in [-0.4, -0.2) is 8.07 Å². The lowest BCUT2D eigenvalue weighted by atomic mass is 9.48. The van der Waals surface area contributed by atoms with Crippen LogP contribution in [0.1, 0.15) is 61.8 Å². The van der Waals surface area contributed by atoms with E-state index in [1.807, 2.05) is 72.1 Å². The predicted molar refractivity (Wildman–Crippen MR) is 184 cm³/mol. The van der Waals surface area contributed by atoms with Crippen molar-refractivity contribution in [3.63, 3.8) is 0 Å².